The topological polar surface area (TPSA) is 64.8 Å². The van der Waals surface area contributed by atoms with Crippen LogP contribution in [0.4, 0.5) is 0 Å². The number of carbonyl (C=O) groups excluding carboxylic acids is 1. The largest absolute Gasteiger partial charge is 0.496 e. The monoisotopic (exact) mass is 306 g/mol. The number of primary amides is 1. The van der Waals surface area contributed by atoms with Gasteiger partial charge in [0.25, 0.3) is 5.91 Å². The number of amides is 1. The Morgan fingerprint density at radius 1 is 1.32 bits per heavy atom. The van der Waals surface area contributed by atoms with Crippen molar-refractivity contribution in [1.29, 1.82) is 0 Å². The van der Waals surface area contributed by atoms with Crippen LogP contribution in [0.5, 0.6) is 5.75 Å². The molecule has 0 saturated carbocycles. The maximum Gasteiger partial charge on any atom is 0.252 e. The molecule has 2 N–H and O–H groups in total. The number of nitrogens with two attached hydrogens (primary N) is 1. The van der Waals surface area contributed by atoms with Gasteiger partial charge in [0.2, 0.25) is 0 Å². The number of ether oxygens (including phenoxy) is 2. The molecule has 1 fully saturated rings. The molecule has 0 radical (unpaired) electrons. The first-order valence-electron chi connectivity index (χ1n) is 7.64. The number of benzene rings is 1. The Balaban J connectivity index is 2.44. The van der Waals surface area contributed by atoms with Gasteiger partial charge in [0.05, 0.1) is 25.9 Å². The fourth-order valence-electron chi connectivity index (χ4n) is 2.66. The first-order chi connectivity index (χ1) is 10.3. The van der Waals surface area contributed by atoms with Gasteiger partial charge in [0.1, 0.15) is 5.75 Å². The Morgan fingerprint density at radius 2 is 1.95 bits per heavy atom. The van der Waals surface area contributed by atoms with Gasteiger partial charge in [-0.1, -0.05) is 26.8 Å². The zero-order valence-electron chi connectivity index (χ0n) is 13.9. The molecule has 1 heterocycles. The Labute approximate surface area is 132 Å². The highest BCUT2D eigenvalue weighted by Gasteiger charge is 2.23. The normalized spacial score (nSPS) is 16.5. The highest BCUT2D eigenvalue weighted by Crippen LogP contribution is 2.32. The molecule has 1 saturated heterocycles. The van der Waals surface area contributed by atoms with Crippen molar-refractivity contribution in [2.45, 2.75) is 32.7 Å². The van der Waals surface area contributed by atoms with Crippen LogP contribution in [-0.4, -0.2) is 44.2 Å². The second kappa shape index (κ2) is 6.67. The lowest BCUT2D eigenvalue weighted by molar-refractivity contribution is 0.0338. The van der Waals surface area contributed by atoms with Crippen LogP contribution < -0.4 is 10.5 Å². The lowest BCUT2D eigenvalue weighted by Crippen LogP contribution is -2.36. The van der Waals surface area contributed by atoms with Crippen LogP contribution in [-0.2, 0) is 16.7 Å². The van der Waals surface area contributed by atoms with Crippen molar-refractivity contribution in [3.8, 4) is 5.75 Å². The zero-order valence-corrected chi connectivity index (χ0v) is 13.9. The highest BCUT2D eigenvalue weighted by molar-refractivity contribution is 5.96. The third kappa shape index (κ3) is 3.78. The molecule has 1 aromatic carbocycles. The van der Waals surface area contributed by atoms with E-state index >= 15 is 0 Å². The van der Waals surface area contributed by atoms with Gasteiger partial charge in [-0.15, -0.1) is 0 Å². The van der Waals surface area contributed by atoms with E-state index in [9.17, 15) is 4.79 Å². The third-order valence-electron chi connectivity index (χ3n) is 4.00. The molecule has 22 heavy (non-hydrogen) atoms. The molecule has 1 aromatic rings. The lowest BCUT2D eigenvalue weighted by atomic mass is 9.84. The Bertz CT molecular complexity index is 544. The molecule has 0 bridgehead atoms. The van der Waals surface area contributed by atoms with Crippen LogP contribution >= 0.6 is 0 Å². The van der Waals surface area contributed by atoms with E-state index in [-0.39, 0.29) is 5.41 Å². The summed E-state index contributed by atoms with van der Waals surface area (Å²) >= 11 is 0. The number of methoxy groups -OCH3 is 1. The minimum Gasteiger partial charge on any atom is -0.496 e. The lowest BCUT2D eigenvalue weighted by Gasteiger charge is -2.29. The van der Waals surface area contributed by atoms with Gasteiger partial charge in [-0.3, -0.25) is 9.69 Å². The zero-order chi connectivity index (χ0) is 16.3. The fourth-order valence-corrected chi connectivity index (χ4v) is 2.66. The van der Waals surface area contributed by atoms with E-state index in [2.05, 4.69) is 31.7 Å². The maximum absolute atomic E-state index is 11.8. The minimum absolute atomic E-state index is 0.0593. The van der Waals surface area contributed by atoms with Crippen molar-refractivity contribution in [2.24, 2.45) is 5.73 Å². The smallest absolute Gasteiger partial charge is 0.252 e. The molecule has 5 nitrogen and oxygen atoms in total. The van der Waals surface area contributed by atoms with Crippen molar-refractivity contribution in [3.63, 3.8) is 0 Å². The molecule has 122 valence electrons. The molecular weight excluding hydrogens is 280 g/mol. The molecule has 1 aliphatic rings. The first kappa shape index (κ1) is 16.8. The predicted octanol–water partition coefficient (Wildman–Crippen LogP) is 1.92. The summed E-state index contributed by atoms with van der Waals surface area (Å²) in [7, 11) is 1.58. The van der Waals surface area contributed by atoms with E-state index in [0.717, 1.165) is 44.0 Å². The van der Waals surface area contributed by atoms with E-state index in [4.69, 9.17) is 15.2 Å². The molecule has 0 atom stereocenters. The Kier molecular flexibility index (Phi) is 5.08. The Morgan fingerprint density at radius 3 is 2.45 bits per heavy atom. The second-order valence-electron chi connectivity index (χ2n) is 6.72. The van der Waals surface area contributed by atoms with Gasteiger partial charge in [0.15, 0.2) is 0 Å². The van der Waals surface area contributed by atoms with Gasteiger partial charge in [-0.05, 0) is 17.0 Å². The van der Waals surface area contributed by atoms with E-state index < -0.39 is 5.91 Å². The fraction of sp³-hybridized carbons (Fsp3) is 0.588. The third-order valence-corrected chi connectivity index (χ3v) is 4.00. The first-order valence-corrected chi connectivity index (χ1v) is 7.64. The summed E-state index contributed by atoms with van der Waals surface area (Å²) in [6.45, 7) is 10.3. The van der Waals surface area contributed by atoms with Gasteiger partial charge < -0.3 is 15.2 Å². The van der Waals surface area contributed by atoms with E-state index in [1.807, 2.05) is 6.07 Å². The van der Waals surface area contributed by atoms with Crippen molar-refractivity contribution in [1.82, 2.24) is 4.90 Å². The summed E-state index contributed by atoms with van der Waals surface area (Å²) in [6.07, 6.45) is 0. The van der Waals surface area contributed by atoms with E-state index in [0.29, 0.717) is 11.3 Å². The molecule has 0 unspecified atom stereocenters. The van der Waals surface area contributed by atoms with Crippen LogP contribution in [0.25, 0.3) is 0 Å². The quantitative estimate of drug-likeness (QED) is 0.923. The number of hydrogen-bond donors (Lipinski definition) is 1. The molecule has 0 spiro atoms. The summed E-state index contributed by atoms with van der Waals surface area (Å²) in [5.74, 6) is 0.137. The second-order valence-corrected chi connectivity index (χ2v) is 6.72. The van der Waals surface area contributed by atoms with Crippen molar-refractivity contribution >= 4 is 5.91 Å². The van der Waals surface area contributed by atoms with E-state index in [1.165, 1.54) is 0 Å². The highest BCUT2D eigenvalue weighted by atomic mass is 16.5. The summed E-state index contributed by atoms with van der Waals surface area (Å²) in [5, 5.41) is 0. The van der Waals surface area contributed by atoms with Crippen LogP contribution in [0.1, 0.15) is 42.3 Å². The van der Waals surface area contributed by atoms with Crippen molar-refractivity contribution in [2.75, 3.05) is 33.4 Å². The van der Waals surface area contributed by atoms with E-state index in [1.54, 1.807) is 7.11 Å². The number of carbonyl (C=O) groups is 1. The molecule has 0 aromatic heterocycles. The number of morpholine rings is 1. The molecule has 1 aliphatic heterocycles. The van der Waals surface area contributed by atoms with Gasteiger partial charge in [-0.25, -0.2) is 0 Å². The summed E-state index contributed by atoms with van der Waals surface area (Å²) in [5.41, 5.74) is 8.04. The summed E-state index contributed by atoms with van der Waals surface area (Å²) < 4.78 is 10.9. The molecular formula is C17H26N2O3. The SMILES string of the molecule is COc1c(CN2CCOCC2)cc(C(C)(C)C)cc1C(N)=O. The van der Waals surface area contributed by atoms with Gasteiger partial charge >= 0.3 is 0 Å². The molecule has 0 aliphatic carbocycles. The van der Waals surface area contributed by atoms with Crippen LogP contribution in [0, 0.1) is 0 Å². The number of rotatable bonds is 4. The standard InChI is InChI=1S/C17H26N2O3/c1-17(2,3)13-9-12(11-19-5-7-22-8-6-19)15(21-4)14(10-13)16(18)20/h9-10H,5-8,11H2,1-4H3,(H2,18,20). The molecule has 5 heteroatoms. The van der Waals surface area contributed by atoms with Crippen LogP contribution in [0.2, 0.25) is 0 Å². The predicted molar refractivity (Wildman–Crippen MR) is 86.3 cm³/mol. The molecule has 2 rings (SSSR count). The van der Waals surface area contributed by atoms with Crippen molar-refractivity contribution in [3.05, 3.63) is 28.8 Å². The van der Waals surface area contributed by atoms with Crippen molar-refractivity contribution < 1.29 is 14.3 Å². The van der Waals surface area contributed by atoms with Gasteiger partial charge in [0, 0.05) is 25.2 Å². The average Bonchev–Trinajstić information content (AvgIpc) is 2.46. The van der Waals surface area contributed by atoms with Crippen LogP contribution in [0.15, 0.2) is 12.1 Å². The average molecular weight is 306 g/mol. The minimum atomic E-state index is -0.453. The Hall–Kier alpha value is -1.59. The van der Waals surface area contributed by atoms with Crippen LogP contribution in [0.3, 0.4) is 0 Å². The molecule has 1 amide bonds. The summed E-state index contributed by atoms with van der Waals surface area (Å²) in [6, 6.07) is 3.98. The number of hydrogen-bond acceptors (Lipinski definition) is 4. The summed E-state index contributed by atoms with van der Waals surface area (Å²) in [4.78, 5) is 14.1. The maximum atomic E-state index is 11.8. The van der Waals surface area contributed by atoms with Gasteiger partial charge in [-0.2, -0.15) is 0 Å². The number of nitrogens with zero attached hydrogens (tertiary/aromatic N) is 1.